The number of anilines is 1. The zero-order chi connectivity index (χ0) is 18.1. The third-order valence-electron chi connectivity index (χ3n) is 4.96. The number of fused-ring (bicyclic) bond motifs is 1. The molecule has 1 saturated heterocycles. The van der Waals surface area contributed by atoms with Crippen LogP contribution in [0.2, 0.25) is 0 Å². The Balaban J connectivity index is 1.40. The van der Waals surface area contributed by atoms with Crippen LogP contribution in [0.25, 0.3) is 0 Å². The average Bonchev–Trinajstić information content (AvgIpc) is 2.61. The van der Waals surface area contributed by atoms with Crippen molar-refractivity contribution in [2.75, 3.05) is 36.8 Å². The zero-order valence-corrected chi connectivity index (χ0v) is 16.8. The highest BCUT2D eigenvalue weighted by molar-refractivity contribution is 9.10. The van der Waals surface area contributed by atoms with Gasteiger partial charge in [0.1, 0.15) is 0 Å². The van der Waals surface area contributed by atoms with Crippen molar-refractivity contribution in [2.24, 2.45) is 0 Å². The molecule has 0 atom stereocenters. The number of nitrogens with zero attached hydrogens (tertiary/aromatic N) is 4. The average molecular weight is 437 g/mol. The number of sulfone groups is 1. The number of hydrogen-bond donors (Lipinski definition) is 0. The van der Waals surface area contributed by atoms with E-state index in [-0.39, 0.29) is 11.5 Å². The van der Waals surface area contributed by atoms with Gasteiger partial charge in [-0.15, -0.1) is 5.10 Å². The predicted octanol–water partition coefficient (Wildman–Crippen LogP) is 2.03. The smallest absolute Gasteiger partial charge is 0.154 e. The minimum absolute atomic E-state index is 0.0910. The molecule has 0 spiro atoms. The molecule has 1 aromatic heterocycles. The summed E-state index contributed by atoms with van der Waals surface area (Å²) in [7, 11) is -2.99. The van der Waals surface area contributed by atoms with E-state index in [1.54, 1.807) is 0 Å². The van der Waals surface area contributed by atoms with Crippen LogP contribution in [-0.2, 0) is 28.6 Å². The number of aromatic nitrogens is 2. The summed E-state index contributed by atoms with van der Waals surface area (Å²) in [5, 5.41) is 8.62. The van der Waals surface area contributed by atoms with Crippen LogP contribution in [-0.4, -0.2) is 55.4 Å². The van der Waals surface area contributed by atoms with Crippen molar-refractivity contribution in [1.29, 1.82) is 0 Å². The normalized spacial score (nSPS) is 20.0. The molecule has 0 saturated carbocycles. The number of piperazine rings is 1. The molecule has 2 aliphatic rings. The Labute approximate surface area is 162 Å². The minimum Gasteiger partial charge on any atom is -0.353 e. The maximum absolute atomic E-state index is 11.9. The lowest BCUT2D eigenvalue weighted by atomic mass is 10.1. The molecule has 0 radical (unpaired) electrons. The van der Waals surface area contributed by atoms with Crippen LogP contribution < -0.4 is 4.90 Å². The molecular formula is C18H21BrN4O2S. The second-order valence-electron chi connectivity index (χ2n) is 6.91. The Hall–Kier alpha value is -1.51. The zero-order valence-electron chi connectivity index (χ0n) is 14.4. The molecule has 1 aromatic carbocycles. The van der Waals surface area contributed by atoms with E-state index in [9.17, 15) is 8.42 Å². The van der Waals surface area contributed by atoms with Gasteiger partial charge in [-0.25, -0.2) is 8.42 Å². The van der Waals surface area contributed by atoms with Crippen LogP contribution in [0, 0.1) is 0 Å². The van der Waals surface area contributed by atoms with Crippen molar-refractivity contribution < 1.29 is 8.42 Å². The van der Waals surface area contributed by atoms with Gasteiger partial charge in [-0.1, -0.05) is 28.1 Å². The highest BCUT2D eigenvalue weighted by atomic mass is 79.9. The van der Waals surface area contributed by atoms with Crippen LogP contribution in [0.3, 0.4) is 0 Å². The summed E-state index contributed by atoms with van der Waals surface area (Å²) in [4.78, 5) is 4.63. The first-order valence-electron chi connectivity index (χ1n) is 8.76. The second kappa shape index (κ2) is 7.25. The maximum atomic E-state index is 11.9. The Morgan fingerprint density at radius 1 is 1.08 bits per heavy atom. The van der Waals surface area contributed by atoms with Crippen LogP contribution in [0.15, 0.2) is 34.8 Å². The van der Waals surface area contributed by atoms with E-state index in [4.69, 9.17) is 0 Å². The molecule has 0 bridgehead atoms. The molecular weight excluding hydrogens is 416 g/mol. The van der Waals surface area contributed by atoms with E-state index in [0.29, 0.717) is 6.42 Å². The van der Waals surface area contributed by atoms with Gasteiger partial charge in [0, 0.05) is 43.6 Å². The van der Waals surface area contributed by atoms with Crippen molar-refractivity contribution in [2.45, 2.75) is 18.7 Å². The summed E-state index contributed by atoms with van der Waals surface area (Å²) < 4.78 is 24.8. The first kappa shape index (κ1) is 17.9. The van der Waals surface area contributed by atoms with Crippen molar-refractivity contribution in [3.8, 4) is 0 Å². The fourth-order valence-electron chi connectivity index (χ4n) is 3.52. The molecule has 0 amide bonds. The molecule has 1 fully saturated rings. The monoisotopic (exact) mass is 436 g/mol. The minimum atomic E-state index is -2.99. The number of rotatable bonds is 3. The Morgan fingerprint density at radius 3 is 2.65 bits per heavy atom. The Morgan fingerprint density at radius 2 is 1.88 bits per heavy atom. The lowest BCUT2D eigenvalue weighted by molar-refractivity contribution is 0.249. The molecule has 3 heterocycles. The van der Waals surface area contributed by atoms with Gasteiger partial charge in [0.25, 0.3) is 0 Å². The fraction of sp³-hybridized carbons (Fsp3) is 0.444. The number of aryl methyl sites for hydroxylation is 1. The quantitative estimate of drug-likeness (QED) is 0.733. The van der Waals surface area contributed by atoms with E-state index in [1.807, 2.05) is 12.1 Å². The molecule has 0 aliphatic carbocycles. The SMILES string of the molecule is O=S1(=O)CCc2nnc(N3CCN(Cc4cccc(Br)c4)CC3)cc2C1. The molecule has 4 rings (SSSR count). The first-order chi connectivity index (χ1) is 12.5. The van der Waals surface area contributed by atoms with Crippen LogP contribution in [0.1, 0.15) is 16.8 Å². The van der Waals surface area contributed by atoms with E-state index < -0.39 is 9.84 Å². The van der Waals surface area contributed by atoms with Crippen molar-refractivity contribution in [3.05, 3.63) is 51.6 Å². The maximum Gasteiger partial charge on any atom is 0.154 e. The van der Waals surface area contributed by atoms with Crippen molar-refractivity contribution >= 4 is 31.6 Å². The molecule has 0 N–H and O–H groups in total. The van der Waals surface area contributed by atoms with Crippen molar-refractivity contribution in [1.82, 2.24) is 15.1 Å². The summed E-state index contributed by atoms with van der Waals surface area (Å²) in [6.45, 7) is 4.57. The Kier molecular flexibility index (Phi) is 4.98. The lowest BCUT2D eigenvalue weighted by Crippen LogP contribution is -2.46. The van der Waals surface area contributed by atoms with Gasteiger partial charge in [0.15, 0.2) is 15.7 Å². The Bertz CT molecular complexity index is 911. The molecule has 2 aliphatic heterocycles. The molecule has 6 nitrogen and oxygen atoms in total. The molecule has 0 unspecified atom stereocenters. The second-order valence-corrected chi connectivity index (χ2v) is 10.0. The highest BCUT2D eigenvalue weighted by Crippen LogP contribution is 2.23. The fourth-order valence-corrected chi connectivity index (χ4v) is 5.34. The van der Waals surface area contributed by atoms with E-state index in [0.717, 1.165) is 54.3 Å². The summed E-state index contributed by atoms with van der Waals surface area (Å²) in [5.74, 6) is 1.07. The van der Waals surface area contributed by atoms with Gasteiger partial charge >= 0.3 is 0 Å². The molecule has 138 valence electrons. The van der Waals surface area contributed by atoms with E-state index in [1.165, 1.54) is 5.56 Å². The van der Waals surface area contributed by atoms with Gasteiger partial charge in [0.2, 0.25) is 0 Å². The number of hydrogen-bond acceptors (Lipinski definition) is 6. The van der Waals surface area contributed by atoms with Gasteiger partial charge in [-0.05, 0) is 29.3 Å². The van der Waals surface area contributed by atoms with E-state index >= 15 is 0 Å². The summed E-state index contributed by atoms with van der Waals surface area (Å²) >= 11 is 3.52. The molecule has 2 aromatic rings. The largest absolute Gasteiger partial charge is 0.353 e. The summed E-state index contributed by atoms with van der Waals surface area (Å²) in [6.07, 6.45) is 0.478. The summed E-state index contributed by atoms with van der Waals surface area (Å²) in [6, 6.07) is 10.3. The van der Waals surface area contributed by atoms with Crippen LogP contribution in [0.4, 0.5) is 5.82 Å². The molecule has 8 heteroatoms. The summed E-state index contributed by atoms with van der Waals surface area (Å²) in [5.41, 5.74) is 2.95. The topological polar surface area (TPSA) is 66.4 Å². The predicted molar refractivity (Wildman–Crippen MR) is 105 cm³/mol. The number of benzene rings is 1. The lowest BCUT2D eigenvalue weighted by Gasteiger charge is -2.35. The van der Waals surface area contributed by atoms with Crippen LogP contribution in [0.5, 0.6) is 0 Å². The van der Waals surface area contributed by atoms with Gasteiger partial charge in [0.05, 0.1) is 17.2 Å². The first-order valence-corrected chi connectivity index (χ1v) is 11.4. The highest BCUT2D eigenvalue weighted by Gasteiger charge is 2.25. The van der Waals surface area contributed by atoms with Gasteiger partial charge in [-0.3, -0.25) is 4.90 Å². The van der Waals surface area contributed by atoms with Crippen molar-refractivity contribution in [3.63, 3.8) is 0 Å². The van der Waals surface area contributed by atoms with Crippen LogP contribution >= 0.6 is 15.9 Å². The number of halogens is 1. The standard InChI is InChI=1S/C18H21BrN4O2S/c19-16-3-1-2-14(10-16)12-22-5-7-23(8-6-22)18-11-15-13-26(24,25)9-4-17(15)20-21-18/h1-3,10-11H,4-9,12-13H2. The van der Waals surface area contributed by atoms with E-state index in [2.05, 4.69) is 54.1 Å². The van der Waals surface area contributed by atoms with Gasteiger partial charge in [-0.2, -0.15) is 5.10 Å². The third-order valence-corrected chi connectivity index (χ3v) is 7.03. The third kappa shape index (κ3) is 4.07. The van der Waals surface area contributed by atoms with Gasteiger partial charge < -0.3 is 4.90 Å². The molecule has 26 heavy (non-hydrogen) atoms.